The Bertz CT molecular complexity index is 1060. The Hall–Kier alpha value is -2.96. The third-order valence-electron chi connectivity index (χ3n) is 3.94. The maximum atomic E-state index is 12.4. The van der Waals surface area contributed by atoms with Crippen molar-refractivity contribution in [2.75, 3.05) is 0 Å². The number of amides is 1. The quantitative estimate of drug-likeness (QED) is 0.235. The predicted octanol–water partition coefficient (Wildman–Crippen LogP) is 5.39. The topological polar surface area (TPSA) is 67.8 Å². The molecule has 0 atom stereocenters. The first kappa shape index (κ1) is 20.8. The van der Waals surface area contributed by atoms with Crippen molar-refractivity contribution in [3.8, 4) is 5.75 Å². The molecule has 0 unspecified atom stereocenters. The van der Waals surface area contributed by atoms with Crippen LogP contribution in [0.15, 0.2) is 76.3 Å². The second-order valence-corrected chi connectivity index (χ2v) is 7.50. The number of aryl methyl sites for hydroxylation is 1. The zero-order valence-corrected chi connectivity index (χ0v) is 17.7. The van der Waals surface area contributed by atoms with Crippen molar-refractivity contribution in [1.29, 1.82) is 0 Å². The van der Waals surface area contributed by atoms with E-state index in [4.69, 9.17) is 16.3 Å². The summed E-state index contributed by atoms with van der Waals surface area (Å²) in [6.45, 7) is 1.94. The van der Waals surface area contributed by atoms with Crippen LogP contribution < -0.4 is 10.2 Å². The minimum absolute atomic E-state index is 0.274. The predicted molar refractivity (Wildman–Crippen MR) is 117 cm³/mol. The van der Waals surface area contributed by atoms with Crippen LogP contribution in [-0.2, 0) is 0 Å². The lowest BCUT2D eigenvalue weighted by atomic mass is 10.1. The number of hydrogen-bond donors (Lipinski definition) is 1. The molecule has 29 heavy (non-hydrogen) atoms. The number of ether oxygens (including phenoxy) is 1. The highest BCUT2D eigenvalue weighted by atomic mass is 79.9. The normalized spacial score (nSPS) is 10.7. The van der Waals surface area contributed by atoms with Crippen LogP contribution >= 0.6 is 27.5 Å². The molecular weight excluding hydrogens is 456 g/mol. The minimum Gasteiger partial charge on any atom is -0.422 e. The van der Waals surface area contributed by atoms with Gasteiger partial charge in [0, 0.05) is 20.6 Å². The minimum atomic E-state index is -0.516. The Morgan fingerprint density at radius 3 is 2.34 bits per heavy atom. The van der Waals surface area contributed by atoms with Crippen molar-refractivity contribution in [3.05, 3.63) is 98.5 Å². The van der Waals surface area contributed by atoms with Crippen LogP contribution in [-0.4, -0.2) is 18.1 Å². The molecule has 0 aromatic heterocycles. The average molecular weight is 472 g/mol. The van der Waals surface area contributed by atoms with Crippen LogP contribution in [0.3, 0.4) is 0 Å². The second-order valence-electron chi connectivity index (χ2n) is 6.14. The van der Waals surface area contributed by atoms with Crippen LogP contribution in [0.1, 0.15) is 31.8 Å². The second kappa shape index (κ2) is 9.49. The van der Waals surface area contributed by atoms with Crippen molar-refractivity contribution in [2.24, 2.45) is 5.10 Å². The lowest BCUT2D eigenvalue weighted by molar-refractivity contribution is 0.0734. The first-order valence-corrected chi connectivity index (χ1v) is 9.77. The van der Waals surface area contributed by atoms with Gasteiger partial charge in [0.05, 0.1) is 11.8 Å². The van der Waals surface area contributed by atoms with Gasteiger partial charge < -0.3 is 4.74 Å². The van der Waals surface area contributed by atoms with E-state index in [0.29, 0.717) is 21.7 Å². The summed E-state index contributed by atoms with van der Waals surface area (Å²) in [4.78, 5) is 24.5. The third-order valence-corrected chi connectivity index (χ3v) is 4.70. The van der Waals surface area contributed by atoms with Crippen LogP contribution in [0.4, 0.5) is 0 Å². The van der Waals surface area contributed by atoms with Crippen molar-refractivity contribution in [2.45, 2.75) is 6.92 Å². The van der Waals surface area contributed by atoms with Gasteiger partial charge in [-0.25, -0.2) is 10.2 Å². The molecule has 1 N–H and O–H groups in total. The van der Waals surface area contributed by atoms with Gasteiger partial charge in [-0.3, -0.25) is 4.79 Å². The summed E-state index contributed by atoms with van der Waals surface area (Å²) >= 11 is 9.37. The Kier molecular flexibility index (Phi) is 6.80. The van der Waals surface area contributed by atoms with E-state index < -0.39 is 5.97 Å². The van der Waals surface area contributed by atoms with Gasteiger partial charge in [-0.15, -0.1) is 0 Å². The SMILES string of the molecule is Cc1ccc(C(=O)N/N=C/c2cc(Cl)ccc2OC(=O)c2ccc(Br)cc2)cc1. The lowest BCUT2D eigenvalue weighted by Crippen LogP contribution is -2.17. The van der Waals surface area contributed by atoms with Crippen molar-refractivity contribution < 1.29 is 14.3 Å². The molecule has 0 aliphatic rings. The summed E-state index contributed by atoms with van der Waals surface area (Å²) in [5, 5.41) is 4.40. The van der Waals surface area contributed by atoms with Gasteiger partial charge in [0.25, 0.3) is 5.91 Å². The van der Waals surface area contributed by atoms with Crippen molar-refractivity contribution in [1.82, 2.24) is 5.43 Å². The monoisotopic (exact) mass is 470 g/mol. The fourth-order valence-electron chi connectivity index (χ4n) is 2.39. The number of hydrogen-bond acceptors (Lipinski definition) is 4. The molecule has 0 bridgehead atoms. The van der Waals surface area contributed by atoms with E-state index in [-0.39, 0.29) is 11.7 Å². The molecule has 0 spiro atoms. The van der Waals surface area contributed by atoms with Crippen LogP contribution in [0, 0.1) is 6.92 Å². The molecule has 0 fully saturated rings. The summed E-state index contributed by atoms with van der Waals surface area (Å²) in [5.74, 6) is -0.592. The van der Waals surface area contributed by atoms with E-state index in [1.54, 1.807) is 54.6 Å². The number of nitrogens with zero attached hydrogens (tertiary/aromatic N) is 1. The highest BCUT2D eigenvalue weighted by Crippen LogP contribution is 2.23. The van der Waals surface area contributed by atoms with Gasteiger partial charge in [0.1, 0.15) is 5.75 Å². The van der Waals surface area contributed by atoms with E-state index in [9.17, 15) is 9.59 Å². The number of nitrogens with one attached hydrogen (secondary N) is 1. The summed E-state index contributed by atoms with van der Waals surface area (Å²) in [7, 11) is 0. The number of halogens is 2. The summed E-state index contributed by atoms with van der Waals surface area (Å²) in [5.41, 5.74) is 4.84. The Balaban J connectivity index is 1.73. The number of esters is 1. The first-order valence-electron chi connectivity index (χ1n) is 8.60. The number of carbonyl (C=O) groups excluding carboxylic acids is 2. The molecule has 0 heterocycles. The number of benzene rings is 3. The lowest BCUT2D eigenvalue weighted by Gasteiger charge is -2.08. The van der Waals surface area contributed by atoms with Crippen LogP contribution in [0.2, 0.25) is 5.02 Å². The largest absolute Gasteiger partial charge is 0.422 e. The number of hydrazone groups is 1. The van der Waals surface area contributed by atoms with Gasteiger partial charge >= 0.3 is 5.97 Å². The highest BCUT2D eigenvalue weighted by Gasteiger charge is 2.12. The van der Waals surface area contributed by atoms with Crippen molar-refractivity contribution >= 4 is 45.6 Å². The fourth-order valence-corrected chi connectivity index (χ4v) is 2.83. The Morgan fingerprint density at radius 1 is 1.00 bits per heavy atom. The standard InChI is InChI=1S/C22H16BrClN2O3/c1-14-2-4-15(5-3-14)21(27)26-25-13-17-12-19(24)10-11-20(17)29-22(28)16-6-8-18(23)9-7-16/h2-13H,1H3,(H,26,27)/b25-13+. The van der Waals surface area contributed by atoms with Crippen LogP contribution in [0.5, 0.6) is 5.75 Å². The molecule has 3 aromatic carbocycles. The van der Waals surface area contributed by atoms with E-state index >= 15 is 0 Å². The maximum absolute atomic E-state index is 12.4. The summed E-state index contributed by atoms with van der Waals surface area (Å²) in [6.07, 6.45) is 1.38. The number of rotatable bonds is 5. The molecule has 0 saturated carbocycles. The van der Waals surface area contributed by atoms with Gasteiger partial charge in [-0.2, -0.15) is 5.10 Å². The third kappa shape index (κ3) is 5.76. The smallest absolute Gasteiger partial charge is 0.343 e. The fraction of sp³-hybridized carbons (Fsp3) is 0.0455. The Morgan fingerprint density at radius 2 is 1.66 bits per heavy atom. The molecule has 3 aromatic rings. The molecule has 3 rings (SSSR count). The van der Waals surface area contributed by atoms with Gasteiger partial charge in [-0.1, -0.05) is 45.2 Å². The van der Waals surface area contributed by atoms with E-state index in [2.05, 4.69) is 26.5 Å². The molecular formula is C22H16BrClN2O3. The molecule has 7 heteroatoms. The van der Waals surface area contributed by atoms with E-state index in [1.807, 2.05) is 19.1 Å². The average Bonchev–Trinajstić information content (AvgIpc) is 2.70. The number of carbonyl (C=O) groups is 2. The van der Waals surface area contributed by atoms with Gasteiger partial charge in [0.15, 0.2) is 0 Å². The first-order chi connectivity index (χ1) is 13.9. The molecule has 146 valence electrons. The molecule has 1 amide bonds. The molecule has 5 nitrogen and oxygen atoms in total. The zero-order valence-electron chi connectivity index (χ0n) is 15.4. The summed E-state index contributed by atoms with van der Waals surface area (Å²) in [6, 6.07) is 18.7. The molecule has 0 radical (unpaired) electrons. The highest BCUT2D eigenvalue weighted by molar-refractivity contribution is 9.10. The summed E-state index contributed by atoms with van der Waals surface area (Å²) < 4.78 is 6.32. The van der Waals surface area contributed by atoms with Gasteiger partial charge in [0.2, 0.25) is 0 Å². The van der Waals surface area contributed by atoms with Crippen LogP contribution in [0.25, 0.3) is 0 Å². The van der Waals surface area contributed by atoms with Gasteiger partial charge in [-0.05, 0) is 61.5 Å². The zero-order chi connectivity index (χ0) is 20.8. The molecule has 0 aliphatic heterocycles. The Labute approximate surface area is 181 Å². The maximum Gasteiger partial charge on any atom is 0.343 e. The van der Waals surface area contributed by atoms with Crippen molar-refractivity contribution in [3.63, 3.8) is 0 Å². The van der Waals surface area contributed by atoms with E-state index in [1.165, 1.54) is 6.21 Å². The molecule has 0 aliphatic carbocycles. The van der Waals surface area contributed by atoms with E-state index in [0.717, 1.165) is 10.0 Å². The molecule has 0 saturated heterocycles.